The number of aryl methyl sites for hydroxylation is 5. The van der Waals surface area contributed by atoms with Crippen molar-refractivity contribution in [2.45, 2.75) is 76.2 Å². The number of carbonyl (C=O) groups is 1. The molecule has 3 rings (SSSR count). The summed E-state index contributed by atoms with van der Waals surface area (Å²) in [6.45, 7) is 21.8. The van der Waals surface area contributed by atoms with Crippen molar-refractivity contribution in [1.29, 1.82) is 0 Å². The number of ketones is 1. The molecule has 35 heavy (non-hydrogen) atoms. The Labute approximate surface area is 225 Å². The number of aliphatic hydroxyl groups excluding tert-OH is 1. The Morgan fingerprint density at radius 2 is 1.49 bits per heavy atom. The molecular formula is C31H40IrNO2-. The van der Waals surface area contributed by atoms with E-state index in [0.717, 1.165) is 22.3 Å². The number of hydrogen-bond donors (Lipinski definition) is 1. The molecule has 0 aliphatic rings. The molecule has 0 atom stereocenters. The normalized spacial score (nSPS) is 12.0. The van der Waals surface area contributed by atoms with E-state index >= 15 is 0 Å². The first kappa shape index (κ1) is 30.7. The summed E-state index contributed by atoms with van der Waals surface area (Å²) in [5.74, 6) is 0.104. The van der Waals surface area contributed by atoms with Crippen molar-refractivity contribution < 1.29 is 30.0 Å². The van der Waals surface area contributed by atoms with Crippen molar-refractivity contribution in [3.63, 3.8) is 0 Å². The number of aliphatic hydroxyl groups is 1. The molecule has 3 aromatic rings. The van der Waals surface area contributed by atoms with Crippen LogP contribution in [-0.4, -0.2) is 15.9 Å². The van der Waals surface area contributed by atoms with Crippen LogP contribution in [0, 0.1) is 51.5 Å². The number of pyridine rings is 1. The van der Waals surface area contributed by atoms with Gasteiger partial charge in [-0.15, -0.1) is 34.9 Å². The number of nitrogens with zero attached hydrogens (tertiary/aromatic N) is 1. The topological polar surface area (TPSA) is 50.2 Å². The molecule has 4 heteroatoms. The van der Waals surface area contributed by atoms with Gasteiger partial charge >= 0.3 is 0 Å². The largest absolute Gasteiger partial charge is 0.512 e. The Morgan fingerprint density at radius 1 is 0.886 bits per heavy atom. The number of carbonyl (C=O) groups excluding carboxylic acids is 1. The van der Waals surface area contributed by atoms with Crippen molar-refractivity contribution in [3.05, 3.63) is 76.1 Å². The molecule has 1 aromatic heterocycles. The second-order valence-electron chi connectivity index (χ2n) is 11.4. The van der Waals surface area contributed by atoms with Crippen LogP contribution in [0.15, 0.2) is 42.2 Å². The van der Waals surface area contributed by atoms with Crippen molar-refractivity contribution in [3.8, 4) is 11.3 Å². The van der Waals surface area contributed by atoms with E-state index in [1.165, 1.54) is 33.7 Å². The zero-order valence-electron chi connectivity index (χ0n) is 23.1. The van der Waals surface area contributed by atoms with Gasteiger partial charge in [0, 0.05) is 42.4 Å². The summed E-state index contributed by atoms with van der Waals surface area (Å²) >= 11 is 0. The van der Waals surface area contributed by atoms with Crippen LogP contribution in [0.1, 0.15) is 69.4 Å². The van der Waals surface area contributed by atoms with Gasteiger partial charge in [0.2, 0.25) is 0 Å². The summed E-state index contributed by atoms with van der Waals surface area (Å²) in [6, 6.07) is 14.2. The maximum Gasteiger partial charge on any atom is 0.164 e. The van der Waals surface area contributed by atoms with Crippen LogP contribution in [0.5, 0.6) is 0 Å². The first-order chi connectivity index (χ1) is 15.5. The molecule has 1 radical (unpaired) electrons. The van der Waals surface area contributed by atoms with Crippen LogP contribution in [0.3, 0.4) is 0 Å². The van der Waals surface area contributed by atoms with Gasteiger partial charge < -0.3 is 5.11 Å². The fourth-order valence-electron chi connectivity index (χ4n) is 3.56. The molecule has 0 aliphatic carbocycles. The monoisotopic (exact) mass is 651 g/mol. The summed E-state index contributed by atoms with van der Waals surface area (Å²) in [5, 5.41) is 10.8. The first-order valence-electron chi connectivity index (χ1n) is 11.8. The van der Waals surface area contributed by atoms with E-state index in [9.17, 15) is 9.90 Å². The zero-order chi connectivity index (χ0) is 26.0. The smallest absolute Gasteiger partial charge is 0.164 e. The van der Waals surface area contributed by atoms with E-state index in [1.54, 1.807) is 0 Å². The Morgan fingerprint density at radius 3 is 2.00 bits per heavy atom. The van der Waals surface area contributed by atoms with Crippen LogP contribution < -0.4 is 0 Å². The molecule has 2 aromatic carbocycles. The number of hydrogen-bond acceptors (Lipinski definition) is 3. The quantitative estimate of drug-likeness (QED) is 0.172. The third kappa shape index (κ3) is 8.12. The molecule has 1 heterocycles. The summed E-state index contributed by atoms with van der Waals surface area (Å²) < 4.78 is 0. The van der Waals surface area contributed by atoms with E-state index < -0.39 is 5.41 Å². The zero-order valence-corrected chi connectivity index (χ0v) is 25.5. The summed E-state index contributed by atoms with van der Waals surface area (Å²) in [5.41, 5.74) is 8.73. The molecule has 0 aliphatic heterocycles. The van der Waals surface area contributed by atoms with Gasteiger partial charge in [-0.05, 0) is 49.2 Å². The molecule has 3 nitrogen and oxygen atoms in total. The molecule has 1 N–H and O–H groups in total. The van der Waals surface area contributed by atoms with Gasteiger partial charge in [0.1, 0.15) is 5.76 Å². The van der Waals surface area contributed by atoms with Crippen LogP contribution in [0.25, 0.3) is 22.2 Å². The fraction of sp³-hybridized carbons (Fsp3) is 0.419. The van der Waals surface area contributed by atoms with Crippen molar-refractivity contribution >= 4 is 16.7 Å². The van der Waals surface area contributed by atoms with E-state index in [0.29, 0.717) is 0 Å². The standard InChI is InChI=1S/C20H20N.C11H20O2.Ir/c1-12-8-13(2)10-17(9-12)19-11-15(4)20-16(5)14(3)6-7-18(20)21-19;1-10(2,3)8(12)7-9(13)11(4,5)6;/h6-9,11H,1-5H3;7,12H,1-6H3;/q-1;;/b;8-7-;. The van der Waals surface area contributed by atoms with Crippen LogP contribution in [-0.2, 0) is 24.9 Å². The average Bonchev–Trinajstić information content (AvgIpc) is 2.68. The Bertz CT molecular complexity index is 1220. The Balaban J connectivity index is 0.000000383. The van der Waals surface area contributed by atoms with E-state index in [4.69, 9.17) is 4.98 Å². The minimum absolute atomic E-state index is 0. The number of aromatic nitrogens is 1. The van der Waals surface area contributed by atoms with Gasteiger partial charge in [-0.3, -0.25) is 9.78 Å². The molecule has 0 fully saturated rings. The average molecular weight is 651 g/mol. The molecule has 0 saturated heterocycles. The van der Waals surface area contributed by atoms with E-state index in [-0.39, 0.29) is 37.1 Å². The van der Waals surface area contributed by atoms with Crippen molar-refractivity contribution in [2.24, 2.45) is 10.8 Å². The predicted octanol–water partition coefficient (Wildman–Crippen LogP) is 8.33. The number of fused-ring (bicyclic) bond motifs is 1. The van der Waals surface area contributed by atoms with E-state index in [1.807, 2.05) is 41.5 Å². The van der Waals surface area contributed by atoms with Gasteiger partial charge in [0.05, 0.1) is 5.52 Å². The van der Waals surface area contributed by atoms with Crippen LogP contribution in [0.2, 0.25) is 0 Å². The van der Waals surface area contributed by atoms with Gasteiger partial charge in [0.25, 0.3) is 0 Å². The molecule has 0 saturated carbocycles. The third-order valence-corrected chi connectivity index (χ3v) is 5.90. The minimum Gasteiger partial charge on any atom is -0.512 e. The molecule has 0 spiro atoms. The van der Waals surface area contributed by atoms with Crippen LogP contribution in [0.4, 0.5) is 0 Å². The maximum absolute atomic E-state index is 11.5. The molecular weight excluding hydrogens is 611 g/mol. The van der Waals surface area contributed by atoms with E-state index in [2.05, 4.69) is 71.0 Å². The summed E-state index contributed by atoms with van der Waals surface area (Å²) in [4.78, 5) is 16.3. The van der Waals surface area contributed by atoms with Crippen LogP contribution >= 0.6 is 0 Å². The minimum atomic E-state index is -0.417. The van der Waals surface area contributed by atoms with Crippen molar-refractivity contribution in [1.82, 2.24) is 4.98 Å². The Hall–Kier alpha value is -2.29. The van der Waals surface area contributed by atoms with Gasteiger partial charge in [-0.25, -0.2) is 0 Å². The maximum atomic E-state index is 11.5. The van der Waals surface area contributed by atoms with Crippen molar-refractivity contribution in [2.75, 3.05) is 0 Å². The summed E-state index contributed by atoms with van der Waals surface area (Å²) in [6.07, 6.45) is 1.33. The SMILES string of the molecule is CC(C)(C)C(=O)/C=C(\O)C(C)(C)C.Cc1[c-]c(-c2cc(C)c3c(C)c(C)ccc3n2)cc(C)c1.[Ir]. The second kappa shape index (κ2) is 11.6. The number of benzene rings is 2. The molecule has 0 unspecified atom stereocenters. The fourth-order valence-corrected chi connectivity index (χ4v) is 3.56. The van der Waals surface area contributed by atoms with Gasteiger partial charge in [-0.2, -0.15) is 0 Å². The molecule has 0 bridgehead atoms. The Kier molecular flexibility index (Phi) is 10.2. The first-order valence-corrected chi connectivity index (χ1v) is 11.8. The third-order valence-electron chi connectivity index (χ3n) is 5.90. The van der Waals surface area contributed by atoms with Gasteiger partial charge in [0.15, 0.2) is 5.78 Å². The molecule has 0 amide bonds. The summed E-state index contributed by atoms with van der Waals surface area (Å²) in [7, 11) is 0. The second-order valence-corrected chi connectivity index (χ2v) is 11.4. The number of rotatable bonds is 2. The predicted molar refractivity (Wildman–Crippen MR) is 144 cm³/mol. The number of allylic oxidation sites excluding steroid dienone is 2. The van der Waals surface area contributed by atoms with Gasteiger partial charge in [-0.1, -0.05) is 67.5 Å². The molecule has 191 valence electrons.